The van der Waals surface area contributed by atoms with Crippen LogP contribution in [0.3, 0.4) is 0 Å². The van der Waals surface area contributed by atoms with Crippen LogP contribution in [0, 0.1) is 20.8 Å². The fraction of sp³-hybridized carbons (Fsp3) is 0.192. The molecule has 0 radical (unpaired) electrons. The first kappa shape index (κ1) is 21.8. The van der Waals surface area contributed by atoms with Crippen LogP contribution in [-0.2, 0) is 4.79 Å². The van der Waals surface area contributed by atoms with E-state index in [1.807, 2.05) is 72.2 Å². The number of hydrogen-bond acceptors (Lipinski definition) is 4. The van der Waals surface area contributed by atoms with Crippen LogP contribution >= 0.6 is 11.8 Å². The molecule has 6 heteroatoms. The molecule has 1 N–H and O–H groups in total. The van der Waals surface area contributed by atoms with Crippen LogP contribution in [0.5, 0.6) is 0 Å². The summed E-state index contributed by atoms with van der Waals surface area (Å²) < 4.78 is 2.02. The van der Waals surface area contributed by atoms with Crippen LogP contribution < -0.4 is 5.32 Å². The molecule has 0 fully saturated rings. The Morgan fingerprint density at radius 1 is 0.906 bits per heavy atom. The summed E-state index contributed by atoms with van der Waals surface area (Å²) in [6.45, 7) is 6.07. The van der Waals surface area contributed by atoms with Gasteiger partial charge in [0, 0.05) is 0 Å². The highest BCUT2D eigenvalue weighted by atomic mass is 32.2. The fourth-order valence-electron chi connectivity index (χ4n) is 3.66. The third-order valence-electron chi connectivity index (χ3n) is 5.30. The molecule has 0 bridgehead atoms. The van der Waals surface area contributed by atoms with E-state index in [4.69, 9.17) is 0 Å². The maximum Gasteiger partial charge on any atom is 0.231 e. The van der Waals surface area contributed by atoms with Crippen molar-refractivity contribution in [3.63, 3.8) is 0 Å². The number of nitrogens with zero attached hydrogens (tertiary/aromatic N) is 3. The van der Waals surface area contributed by atoms with Crippen molar-refractivity contribution in [2.75, 3.05) is 5.75 Å². The molecule has 0 aliphatic heterocycles. The highest BCUT2D eigenvalue weighted by Crippen LogP contribution is 2.26. The molecule has 0 saturated carbocycles. The lowest BCUT2D eigenvalue weighted by atomic mass is 9.99. The van der Waals surface area contributed by atoms with Crippen molar-refractivity contribution in [1.82, 2.24) is 20.1 Å². The minimum Gasteiger partial charge on any atom is -0.344 e. The molecule has 0 aliphatic rings. The van der Waals surface area contributed by atoms with E-state index in [2.05, 4.69) is 47.6 Å². The van der Waals surface area contributed by atoms with Crippen LogP contribution in [0.15, 0.2) is 84.0 Å². The zero-order valence-corrected chi connectivity index (χ0v) is 19.3. The highest BCUT2D eigenvalue weighted by molar-refractivity contribution is 7.99. The van der Waals surface area contributed by atoms with Crippen molar-refractivity contribution in [3.8, 4) is 5.69 Å². The van der Waals surface area contributed by atoms with Gasteiger partial charge in [-0.1, -0.05) is 84.6 Å². The average Bonchev–Trinajstić information content (AvgIpc) is 3.19. The molecule has 3 aromatic carbocycles. The van der Waals surface area contributed by atoms with Crippen LogP contribution in [0.2, 0.25) is 0 Å². The van der Waals surface area contributed by atoms with Gasteiger partial charge in [-0.05, 0) is 49.1 Å². The Bertz CT molecular complexity index is 1170. The van der Waals surface area contributed by atoms with Gasteiger partial charge in [-0.2, -0.15) is 0 Å². The molecule has 1 heterocycles. The normalized spacial score (nSPS) is 11.0. The van der Waals surface area contributed by atoms with Crippen molar-refractivity contribution in [2.24, 2.45) is 0 Å². The van der Waals surface area contributed by atoms with Crippen molar-refractivity contribution in [2.45, 2.75) is 32.0 Å². The molecule has 0 unspecified atom stereocenters. The number of nitrogens with one attached hydrogen (secondary N) is 1. The maximum atomic E-state index is 13.0. The van der Waals surface area contributed by atoms with E-state index in [0.717, 1.165) is 28.2 Å². The lowest BCUT2D eigenvalue weighted by Crippen LogP contribution is -2.30. The molecular weight excluding hydrogens is 416 g/mol. The third kappa shape index (κ3) is 4.92. The van der Waals surface area contributed by atoms with Crippen molar-refractivity contribution < 1.29 is 4.79 Å². The van der Waals surface area contributed by atoms with Gasteiger partial charge < -0.3 is 5.32 Å². The molecular formula is C26H26N4OS. The largest absolute Gasteiger partial charge is 0.344 e. The summed E-state index contributed by atoms with van der Waals surface area (Å²) in [5, 5.41) is 12.5. The first-order valence-electron chi connectivity index (χ1n) is 10.5. The second-order valence-electron chi connectivity index (χ2n) is 7.77. The molecule has 1 aromatic heterocycles. The molecule has 4 rings (SSSR count). The fourth-order valence-corrected chi connectivity index (χ4v) is 4.46. The second kappa shape index (κ2) is 9.83. The first-order chi connectivity index (χ1) is 15.5. The smallest absolute Gasteiger partial charge is 0.231 e. The van der Waals surface area contributed by atoms with Gasteiger partial charge in [-0.15, -0.1) is 10.2 Å². The monoisotopic (exact) mass is 442 g/mol. The van der Waals surface area contributed by atoms with E-state index < -0.39 is 0 Å². The Balaban J connectivity index is 1.52. The number of carbonyl (C=O) groups excluding carboxylic acids is 1. The first-order valence-corrected chi connectivity index (χ1v) is 11.5. The summed E-state index contributed by atoms with van der Waals surface area (Å²) in [5.74, 6) is 0.994. The van der Waals surface area contributed by atoms with Crippen LogP contribution in [0.4, 0.5) is 0 Å². The number of carbonyl (C=O) groups is 1. The van der Waals surface area contributed by atoms with Gasteiger partial charge in [0.05, 0.1) is 17.5 Å². The summed E-state index contributed by atoms with van der Waals surface area (Å²) >= 11 is 1.40. The molecule has 0 aliphatic carbocycles. The van der Waals surface area contributed by atoms with E-state index >= 15 is 0 Å². The number of aromatic nitrogens is 3. The van der Waals surface area contributed by atoms with Gasteiger partial charge in [0.25, 0.3) is 0 Å². The summed E-state index contributed by atoms with van der Waals surface area (Å²) in [6, 6.07) is 26.1. The topological polar surface area (TPSA) is 59.8 Å². The van der Waals surface area contributed by atoms with Gasteiger partial charge in [-0.3, -0.25) is 9.36 Å². The predicted octanol–water partition coefficient (Wildman–Crippen LogP) is 5.19. The van der Waals surface area contributed by atoms with Crippen LogP contribution in [0.25, 0.3) is 5.69 Å². The predicted molar refractivity (Wildman–Crippen MR) is 129 cm³/mol. The molecule has 32 heavy (non-hydrogen) atoms. The zero-order chi connectivity index (χ0) is 22.5. The summed E-state index contributed by atoms with van der Waals surface area (Å²) in [4.78, 5) is 13.0. The second-order valence-corrected chi connectivity index (χ2v) is 8.71. The highest BCUT2D eigenvalue weighted by Gasteiger charge is 2.19. The summed E-state index contributed by atoms with van der Waals surface area (Å²) in [5.41, 5.74) is 5.44. The van der Waals surface area contributed by atoms with Gasteiger partial charge >= 0.3 is 0 Å². The van der Waals surface area contributed by atoms with Crippen LogP contribution in [0.1, 0.15) is 34.1 Å². The molecule has 162 valence electrons. The number of amides is 1. The average molecular weight is 443 g/mol. The number of benzene rings is 3. The molecule has 5 nitrogen and oxygen atoms in total. The minimum absolute atomic E-state index is 0.0547. The van der Waals surface area contributed by atoms with Crippen molar-refractivity contribution in [1.29, 1.82) is 0 Å². The van der Waals surface area contributed by atoms with E-state index in [1.165, 1.54) is 17.3 Å². The number of rotatable bonds is 7. The third-order valence-corrected chi connectivity index (χ3v) is 6.23. The Morgan fingerprint density at radius 3 is 2.16 bits per heavy atom. The molecule has 0 saturated heterocycles. The van der Waals surface area contributed by atoms with E-state index in [0.29, 0.717) is 5.16 Å². The van der Waals surface area contributed by atoms with Crippen molar-refractivity contribution in [3.05, 3.63) is 107 Å². The van der Waals surface area contributed by atoms with Crippen molar-refractivity contribution >= 4 is 17.7 Å². The van der Waals surface area contributed by atoms with Gasteiger partial charge in [0.15, 0.2) is 5.16 Å². The SMILES string of the molecule is Cc1ccc(C)c(-n2c(C)nnc2SCC(=O)NC(c2ccccc2)c2ccccc2)c1. The Morgan fingerprint density at radius 2 is 1.53 bits per heavy atom. The van der Waals surface area contributed by atoms with E-state index in [1.54, 1.807) is 0 Å². The Kier molecular flexibility index (Phi) is 6.71. The zero-order valence-electron chi connectivity index (χ0n) is 18.4. The molecule has 0 atom stereocenters. The Labute approximate surface area is 192 Å². The van der Waals surface area contributed by atoms with E-state index in [-0.39, 0.29) is 17.7 Å². The van der Waals surface area contributed by atoms with Crippen LogP contribution in [-0.4, -0.2) is 26.4 Å². The molecule has 0 spiro atoms. The number of aryl methyl sites for hydroxylation is 3. The maximum absolute atomic E-state index is 13.0. The van der Waals surface area contributed by atoms with Gasteiger partial charge in [0.2, 0.25) is 5.91 Å². The molecule has 4 aromatic rings. The standard InChI is InChI=1S/C26H26N4OS/c1-18-14-15-19(2)23(16-18)30-20(3)28-29-26(30)32-17-24(31)27-25(21-10-6-4-7-11-21)22-12-8-5-9-13-22/h4-16,25H,17H2,1-3H3,(H,27,31). The summed E-state index contributed by atoms with van der Waals surface area (Å²) in [6.07, 6.45) is 0. The van der Waals surface area contributed by atoms with Gasteiger partial charge in [-0.25, -0.2) is 0 Å². The summed E-state index contributed by atoms with van der Waals surface area (Å²) in [7, 11) is 0. The number of hydrogen-bond donors (Lipinski definition) is 1. The minimum atomic E-state index is -0.205. The van der Waals surface area contributed by atoms with E-state index in [9.17, 15) is 4.79 Å². The number of thioether (sulfide) groups is 1. The lowest BCUT2D eigenvalue weighted by molar-refractivity contribution is -0.119. The lowest BCUT2D eigenvalue weighted by Gasteiger charge is -2.20. The quantitative estimate of drug-likeness (QED) is 0.400. The molecule has 1 amide bonds. The Hall–Kier alpha value is -3.38. The van der Waals surface area contributed by atoms with Gasteiger partial charge in [0.1, 0.15) is 5.82 Å².